The number of aliphatic hydroxyl groups is 2. The molecule has 0 spiro atoms. The van der Waals surface area contributed by atoms with Crippen LogP contribution >= 0.6 is 0 Å². The molecule has 3 saturated carbocycles. The van der Waals surface area contributed by atoms with E-state index >= 15 is 0 Å². The first-order valence-electron chi connectivity index (χ1n) is 12.7. The van der Waals surface area contributed by atoms with E-state index < -0.39 is 0 Å². The van der Waals surface area contributed by atoms with E-state index in [0.717, 1.165) is 43.4 Å². The Morgan fingerprint density at radius 3 is 2.48 bits per heavy atom. The Morgan fingerprint density at radius 1 is 1.00 bits per heavy atom. The van der Waals surface area contributed by atoms with Crippen LogP contribution in [0.15, 0.2) is 11.6 Å². The van der Waals surface area contributed by atoms with Gasteiger partial charge in [-0.2, -0.15) is 0 Å². The Bertz CT molecular complexity index is 624. The zero-order valence-corrected chi connectivity index (χ0v) is 19.7. The van der Waals surface area contributed by atoms with Crippen molar-refractivity contribution in [1.29, 1.82) is 0 Å². The van der Waals surface area contributed by atoms with Gasteiger partial charge in [0.2, 0.25) is 0 Å². The van der Waals surface area contributed by atoms with Crippen molar-refractivity contribution in [3.8, 4) is 0 Å². The van der Waals surface area contributed by atoms with Gasteiger partial charge in [0, 0.05) is 0 Å². The summed E-state index contributed by atoms with van der Waals surface area (Å²) in [6, 6.07) is 0. The summed E-state index contributed by atoms with van der Waals surface area (Å²) in [5.74, 6) is 4.25. The largest absolute Gasteiger partial charge is 0.393 e. The highest BCUT2D eigenvalue weighted by molar-refractivity contribution is 5.25. The first-order valence-corrected chi connectivity index (χ1v) is 12.7. The van der Waals surface area contributed by atoms with Gasteiger partial charge in [-0.25, -0.2) is 0 Å². The molecular formula is C27H46O2. The second kappa shape index (κ2) is 7.97. The molecule has 0 bridgehead atoms. The molecule has 9 atom stereocenters. The molecule has 4 aliphatic rings. The monoisotopic (exact) mass is 402 g/mol. The predicted octanol–water partition coefficient (Wildman–Crippen LogP) is 6.36. The number of aliphatic hydroxyl groups excluding tert-OH is 2. The molecule has 3 fully saturated rings. The maximum atomic E-state index is 11.0. The van der Waals surface area contributed by atoms with Gasteiger partial charge in [-0.15, -0.1) is 0 Å². The third-order valence-electron chi connectivity index (χ3n) is 10.4. The van der Waals surface area contributed by atoms with Gasteiger partial charge in [0.25, 0.3) is 0 Å². The maximum Gasteiger partial charge on any atom is 0.0577 e. The number of allylic oxidation sites excluding steroid dienone is 1. The summed E-state index contributed by atoms with van der Waals surface area (Å²) >= 11 is 0. The van der Waals surface area contributed by atoms with Crippen LogP contribution in [0.3, 0.4) is 0 Å². The Kier molecular flexibility index (Phi) is 6.01. The minimum Gasteiger partial charge on any atom is -0.393 e. The molecule has 0 aliphatic heterocycles. The minimum atomic E-state index is -0.133. The Hall–Kier alpha value is -0.340. The van der Waals surface area contributed by atoms with E-state index in [1.165, 1.54) is 38.5 Å². The van der Waals surface area contributed by atoms with Gasteiger partial charge in [-0.05, 0) is 111 Å². The standard InChI is InChI=1S/C27H46O2/c1-17(2)6-11-25(29)18(3)22-9-10-23-21-8-7-19-16-20(28)12-14-26(19,4)24(21)13-15-27(22,23)5/h7,17-18,20-25,28-29H,6,8-16H2,1-5H3/t18-,20-,21-,22+,23-,24-,25+,26-,27+/m0/s1. The second-order valence-corrected chi connectivity index (χ2v) is 12.3. The molecule has 4 aliphatic carbocycles. The molecule has 4 rings (SSSR count). The normalized spacial score (nSPS) is 46.5. The molecule has 0 heterocycles. The first-order chi connectivity index (χ1) is 13.7. The van der Waals surface area contributed by atoms with Crippen molar-refractivity contribution in [2.75, 3.05) is 0 Å². The summed E-state index contributed by atoms with van der Waals surface area (Å²) in [5, 5.41) is 21.2. The third-order valence-corrected chi connectivity index (χ3v) is 10.4. The highest BCUT2D eigenvalue weighted by Crippen LogP contribution is 2.67. The lowest BCUT2D eigenvalue weighted by atomic mass is 9.47. The smallest absolute Gasteiger partial charge is 0.0577 e. The molecule has 29 heavy (non-hydrogen) atoms. The van der Waals surface area contributed by atoms with Crippen LogP contribution in [0.4, 0.5) is 0 Å². The SMILES string of the molecule is CC(C)CC[C@@H](O)[C@@H](C)[C@H]1CC[C@H]2[C@@H]3CC=C4C[C@@H](O)CC[C@]4(C)[C@H]3CC[C@]12C. The van der Waals surface area contributed by atoms with Crippen molar-refractivity contribution < 1.29 is 10.2 Å². The predicted molar refractivity (Wildman–Crippen MR) is 120 cm³/mol. The van der Waals surface area contributed by atoms with E-state index in [4.69, 9.17) is 0 Å². The Labute approximate surface area is 179 Å². The van der Waals surface area contributed by atoms with Crippen LogP contribution in [0.25, 0.3) is 0 Å². The van der Waals surface area contributed by atoms with Crippen LogP contribution in [0.2, 0.25) is 0 Å². The van der Waals surface area contributed by atoms with Gasteiger partial charge in [-0.1, -0.05) is 46.3 Å². The first kappa shape index (κ1) is 21.9. The minimum absolute atomic E-state index is 0.108. The molecule has 0 radical (unpaired) electrons. The van der Waals surface area contributed by atoms with Crippen molar-refractivity contribution in [3.05, 3.63) is 11.6 Å². The summed E-state index contributed by atoms with van der Waals surface area (Å²) in [6.45, 7) is 12.0. The average Bonchev–Trinajstić information content (AvgIpc) is 3.03. The van der Waals surface area contributed by atoms with Gasteiger partial charge in [0.05, 0.1) is 12.2 Å². The van der Waals surface area contributed by atoms with Gasteiger partial charge in [-0.3, -0.25) is 0 Å². The molecule has 2 heteroatoms. The molecule has 0 saturated heterocycles. The molecule has 0 aromatic carbocycles. The average molecular weight is 403 g/mol. The lowest BCUT2D eigenvalue weighted by Crippen LogP contribution is -2.51. The fourth-order valence-corrected chi connectivity index (χ4v) is 8.58. The van der Waals surface area contributed by atoms with Gasteiger partial charge in [0.1, 0.15) is 0 Å². The molecule has 0 aromatic heterocycles. The molecule has 2 N–H and O–H groups in total. The molecule has 0 amide bonds. The quantitative estimate of drug-likeness (QED) is 0.525. The lowest BCUT2D eigenvalue weighted by Gasteiger charge is -2.58. The Balaban J connectivity index is 1.51. The summed E-state index contributed by atoms with van der Waals surface area (Å²) in [7, 11) is 0. The van der Waals surface area contributed by atoms with E-state index in [9.17, 15) is 10.2 Å². The van der Waals surface area contributed by atoms with Crippen LogP contribution in [0.5, 0.6) is 0 Å². The van der Waals surface area contributed by atoms with Crippen LogP contribution in [-0.2, 0) is 0 Å². The summed E-state index contributed by atoms with van der Waals surface area (Å²) in [5.41, 5.74) is 2.33. The van der Waals surface area contributed by atoms with E-state index in [0.29, 0.717) is 28.6 Å². The zero-order chi connectivity index (χ0) is 21.0. The lowest BCUT2D eigenvalue weighted by molar-refractivity contribution is -0.0681. The van der Waals surface area contributed by atoms with Crippen molar-refractivity contribution in [2.45, 2.75) is 111 Å². The second-order valence-electron chi connectivity index (χ2n) is 12.3. The fraction of sp³-hybridized carbons (Fsp3) is 0.926. The number of hydrogen-bond acceptors (Lipinski definition) is 2. The fourth-order valence-electron chi connectivity index (χ4n) is 8.58. The molecular weight excluding hydrogens is 356 g/mol. The topological polar surface area (TPSA) is 40.5 Å². The highest BCUT2D eigenvalue weighted by Gasteiger charge is 2.59. The van der Waals surface area contributed by atoms with E-state index in [-0.39, 0.29) is 12.2 Å². The van der Waals surface area contributed by atoms with Gasteiger partial charge >= 0.3 is 0 Å². The maximum absolute atomic E-state index is 11.0. The Morgan fingerprint density at radius 2 is 1.76 bits per heavy atom. The van der Waals surface area contributed by atoms with E-state index in [1.54, 1.807) is 5.57 Å². The van der Waals surface area contributed by atoms with Gasteiger partial charge < -0.3 is 10.2 Å². The summed E-state index contributed by atoms with van der Waals surface area (Å²) < 4.78 is 0. The van der Waals surface area contributed by atoms with Crippen LogP contribution < -0.4 is 0 Å². The van der Waals surface area contributed by atoms with Crippen LogP contribution in [0.1, 0.15) is 98.8 Å². The van der Waals surface area contributed by atoms with E-state index in [2.05, 4.69) is 40.7 Å². The van der Waals surface area contributed by atoms with Crippen molar-refractivity contribution in [3.63, 3.8) is 0 Å². The number of hydrogen-bond donors (Lipinski definition) is 2. The highest BCUT2D eigenvalue weighted by atomic mass is 16.3. The molecule has 0 unspecified atom stereocenters. The summed E-state index contributed by atoms with van der Waals surface area (Å²) in [4.78, 5) is 0. The van der Waals surface area contributed by atoms with Crippen LogP contribution in [0, 0.1) is 46.3 Å². The third kappa shape index (κ3) is 3.65. The molecule has 0 aromatic rings. The number of rotatable bonds is 5. The van der Waals surface area contributed by atoms with Crippen molar-refractivity contribution in [1.82, 2.24) is 0 Å². The molecule has 166 valence electrons. The number of fused-ring (bicyclic) bond motifs is 5. The zero-order valence-electron chi connectivity index (χ0n) is 19.7. The van der Waals surface area contributed by atoms with Crippen LogP contribution in [-0.4, -0.2) is 22.4 Å². The van der Waals surface area contributed by atoms with Crippen molar-refractivity contribution >= 4 is 0 Å². The van der Waals surface area contributed by atoms with E-state index in [1.807, 2.05) is 0 Å². The van der Waals surface area contributed by atoms with Gasteiger partial charge in [0.15, 0.2) is 0 Å². The van der Waals surface area contributed by atoms with Crippen molar-refractivity contribution in [2.24, 2.45) is 46.3 Å². The summed E-state index contributed by atoms with van der Waals surface area (Å²) in [6.07, 6.45) is 14.1. The molecule has 2 nitrogen and oxygen atoms in total.